The van der Waals surface area contributed by atoms with Gasteiger partial charge in [0.1, 0.15) is 0 Å². The molecule has 1 fully saturated rings. The summed E-state index contributed by atoms with van der Waals surface area (Å²) in [5, 5.41) is 8.89. The number of aliphatic carboxylic acids is 1. The minimum Gasteiger partial charge on any atom is -0.481 e. The zero-order chi connectivity index (χ0) is 11.5. The van der Waals surface area contributed by atoms with E-state index < -0.39 is 5.97 Å². The van der Waals surface area contributed by atoms with E-state index in [1.165, 1.54) is 0 Å². The minimum absolute atomic E-state index is 0.0731. The number of carboxylic acids is 1. The van der Waals surface area contributed by atoms with E-state index in [4.69, 9.17) is 10.8 Å². The van der Waals surface area contributed by atoms with Crippen molar-refractivity contribution in [3.05, 3.63) is 30.1 Å². The van der Waals surface area contributed by atoms with Gasteiger partial charge in [0.2, 0.25) is 0 Å². The van der Waals surface area contributed by atoms with E-state index in [-0.39, 0.29) is 18.5 Å². The maximum absolute atomic E-state index is 10.8. The summed E-state index contributed by atoms with van der Waals surface area (Å²) in [7, 11) is 0. The highest BCUT2D eigenvalue weighted by atomic mass is 16.4. The maximum Gasteiger partial charge on any atom is 0.305 e. The number of hydrogen-bond acceptors (Lipinski definition) is 4. The Balaban J connectivity index is 2.12. The monoisotopic (exact) mass is 221 g/mol. The third kappa shape index (κ3) is 2.37. The van der Waals surface area contributed by atoms with Crippen LogP contribution in [0.25, 0.3) is 0 Å². The van der Waals surface area contributed by atoms with Gasteiger partial charge in [-0.2, -0.15) is 0 Å². The second kappa shape index (κ2) is 4.59. The van der Waals surface area contributed by atoms with Gasteiger partial charge in [0.05, 0.1) is 18.2 Å². The highest BCUT2D eigenvalue weighted by molar-refractivity contribution is 5.67. The van der Waals surface area contributed by atoms with Gasteiger partial charge in [0.15, 0.2) is 0 Å². The first kappa shape index (κ1) is 11.0. The van der Waals surface area contributed by atoms with E-state index in [1.807, 2.05) is 18.2 Å². The second-order valence-electron chi connectivity index (χ2n) is 4.08. The molecular weight excluding hydrogens is 206 g/mol. The quantitative estimate of drug-likeness (QED) is 0.761. The fraction of sp³-hybridized carbons (Fsp3) is 0.455. The second-order valence-corrected chi connectivity index (χ2v) is 4.08. The van der Waals surface area contributed by atoms with E-state index in [9.17, 15) is 4.79 Å². The van der Waals surface area contributed by atoms with Crippen molar-refractivity contribution in [1.29, 1.82) is 0 Å². The molecule has 0 aliphatic carbocycles. The van der Waals surface area contributed by atoms with Gasteiger partial charge in [-0.15, -0.1) is 0 Å². The molecule has 1 saturated heterocycles. The standard InChI is InChI=1S/C11H15N3O2/c12-8-6-14(7-8)10(5-11(15)16)9-3-1-2-4-13-9/h1-4,8,10H,5-7,12H2,(H,15,16). The molecule has 3 N–H and O–H groups in total. The smallest absolute Gasteiger partial charge is 0.305 e. The van der Waals surface area contributed by atoms with Crippen molar-refractivity contribution >= 4 is 5.97 Å². The van der Waals surface area contributed by atoms with Crippen molar-refractivity contribution in [3.63, 3.8) is 0 Å². The Kier molecular flexibility index (Phi) is 3.17. The molecule has 0 amide bonds. The number of hydrogen-bond donors (Lipinski definition) is 2. The van der Waals surface area contributed by atoms with Crippen molar-refractivity contribution in [2.45, 2.75) is 18.5 Å². The van der Waals surface area contributed by atoms with Gasteiger partial charge in [0.25, 0.3) is 0 Å². The van der Waals surface area contributed by atoms with E-state index in [0.717, 1.165) is 18.8 Å². The molecule has 16 heavy (non-hydrogen) atoms. The number of carboxylic acid groups (broad SMARTS) is 1. The van der Waals surface area contributed by atoms with Crippen molar-refractivity contribution < 1.29 is 9.90 Å². The van der Waals surface area contributed by atoms with Gasteiger partial charge in [-0.05, 0) is 12.1 Å². The average molecular weight is 221 g/mol. The number of rotatable bonds is 4. The van der Waals surface area contributed by atoms with E-state index in [2.05, 4.69) is 9.88 Å². The van der Waals surface area contributed by atoms with Crippen LogP contribution in [0.4, 0.5) is 0 Å². The van der Waals surface area contributed by atoms with Crippen molar-refractivity contribution in [1.82, 2.24) is 9.88 Å². The molecule has 5 heteroatoms. The summed E-state index contributed by atoms with van der Waals surface area (Å²) < 4.78 is 0. The van der Waals surface area contributed by atoms with Gasteiger partial charge in [0, 0.05) is 25.3 Å². The molecule has 1 unspecified atom stereocenters. The molecule has 1 aliphatic heterocycles. The van der Waals surface area contributed by atoms with Crippen LogP contribution in [0.2, 0.25) is 0 Å². The molecule has 5 nitrogen and oxygen atoms in total. The zero-order valence-corrected chi connectivity index (χ0v) is 8.91. The Morgan fingerprint density at radius 1 is 1.62 bits per heavy atom. The van der Waals surface area contributed by atoms with Crippen LogP contribution in [0.15, 0.2) is 24.4 Å². The first-order valence-electron chi connectivity index (χ1n) is 5.29. The van der Waals surface area contributed by atoms with Crippen molar-refractivity contribution in [2.24, 2.45) is 5.73 Å². The van der Waals surface area contributed by atoms with Gasteiger partial charge in [-0.1, -0.05) is 6.07 Å². The van der Waals surface area contributed by atoms with E-state index in [0.29, 0.717) is 0 Å². The molecule has 0 aromatic carbocycles. The van der Waals surface area contributed by atoms with Crippen LogP contribution < -0.4 is 5.73 Å². The number of carbonyl (C=O) groups is 1. The molecule has 1 aliphatic rings. The largest absolute Gasteiger partial charge is 0.481 e. The van der Waals surface area contributed by atoms with Crippen LogP contribution >= 0.6 is 0 Å². The first-order chi connectivity index (χ1) is 7.66. The highest BCUT2D eigenvalue weighted by Crippen LogP contribution is 2.26. The maximum atomic E-state index is 10.8. The van der Waals surface area contributed by atoms with Crippen LogP contribution in [0.5, 0.6) is 0 Å². The number of nitrogens with two attached hydrogens (primary N) is 1. The lowest BCUT2D eigenvalue weighted by molar-refractivity contribution is -0.139. The molecule has 1 atom stereocenters. The van der Waals surface area contributed by atoms with Gasteiger partial charge < -0.3 is 10.8 Å². The molecule has 1 aromatic heterocycles. The summed E-state index contributed by atoms with van der Waals surface area (Å²) in [5.74, 6) is -0.809. The van der Waals surface area contributed by atoms with Crippen LogP contribution in [0.1, 0.15) is 18.2 Å². The van der Waals surface area contributed by atoms with Crippen molar-refractivity contribution in [3.8, 4) is 0 Å². The number of likely N-dealkylation sites (tertiary alicyclic amines) is 1. The van der Waals surface area contributed by atoms with Crippen LogP contribution in [-0.2, 0) is 4.79 Å². The Morgan fingerprint density at radius 3 is 2.88 bits per heavy atom. The molecule has 2 rings (SSSR count). The summed E-state index contributed by atoms with van der Waals surface area (Å²) in [6, 6.07) is 5.57. The topological polar surface area (TPSA) is 79.5 Å². The summed E-state index contributed by atoms with van der Waals surface area (Å²) >= 11 is 0. The molecular formula is C11H15N3O2. The molecule has 0 bridgehead atoms. The van der Waals surface area contributed by atoms with Gasteiger partial charge in [-0.25, -0.2) is 0 Å². The lowest BCUT2D eigenvalue weighted by atomic mass is 10.0. The summed E-state index contributed by atoms with van der Waals surface area (Å²) in [5.41, 5.74) is 6.51. The summed E-state index contributed by atoms with van der Waals surface area (Å²) in [6.07, 6.45) is 1.76. The van der Waals surface area contributed by atoms with Crippen LogP contribution in [0, 0.1) is 0 Å². The molecule has 0 saturated carbocycles. The summed E-state index contributed by atoms with van der Waals surface area (Å²) in [6.45, 7) is 1.49. The summed E-state index contributed by atoms with van der Waals surface area (Å²) in [4.78, 5) is 17.1. The third-order valence-electron chi connectivity index (χ3n) is 2.78. The van der Waals surface area contributed by atoms with Crippen molar-refractivity contribution in [2.75, 3.05) is 13.1 Å². The fourth-order valence-corrected chi connectivity index (χ4v) is 1.96. The number of nitrogens with zero attached hydrogens (tertiary/aromatic N) is 2. The predicted octanol–water partition coefficient (Wildman–Crippen LogP) is 0.240. The third-order valence-corrected chi connectivity index (χ3v) is 2.78. The Hall–Kier alpha value is -1.46. The SMILES string of the molecule is NC1CN(C(CC(=O)O)c2ccccn2)C1. The van der Waals surface area contributed by atoms with E-state index >= 15 is 0 Å². The van der Waals surface area contributed by atoms with Crippen LogP contribution in [0.3, 0.4) is 0 Å². The molecule has 86 valence electrons. The fourth-order valence-electron chi connectivity index (χ4n) is 1.96. The van der Waals surface area contributed by atoms with Gasteiger partial charge in [-0.3, -0.25) is 14.7 Å². The average Bonchev–Trinajstić information content (AvgIpc) is 2.23. The molecule has 2 heterocycles. The minimum atomic E-state index is -0.809. The Bertz CT molecular complexity index is 363. The molecule has 0 spiro atoms. The number of aromatic nitrogens is 1. The molecule has 1 aromatic rings. The normalized spacial score (nSPS) is 19.1. The van der Waals surface area contributed by atoms with E-state index in [1.54, 1.807) is 6.20 Å². The highest BCUT2D eigenvalue weighted by Gasteiger charge is 2.32. The first-order valence-corrected chi connectivity index (χ1v) is 5.29. The molecule has 0 radical (unpaired) electrons. The Labute approximate surface area is 93.9 Å². The predicted molar refractivity (Wildman–Crippen MR) is 58.8 cm³/mol. The zero-order valence-electron chi connectivity index (χ0n) is 8.91. The lowest BCUT2D eigenvalue weighted by Gasteiger charge is -2.41. The number of pyridine rings is 1. The van der Waals surface area contributed by atoms with Gasteiger partial charge >= 0.3 is 5.97 Å². The Morgan fingerprint density at radius 2 is 2.38 bits per heavy atom. The van der Waals surface area contributed by atoms with Crippen LogP contribution in [-0.4, -0.2) is 40.1 Å². The lowest BCUT2D eigenvalue weighted by Crippen LogP contribution is -2.57.